The lowest BCUT2D eigenvalue weighted by Crippen LogP contribution is -2.55. The Morgan fingerprint density at radius 3 is 3.14 bits per heavy atom. The maximum absolute atomic E-state index is 12.2. The summed E-state index contributed by atoms with van der Waals surface area (Å²) >= 11 is 1.58. The number of thiazole rings is 1. The van der Waals surface area contributed by atoms with E-state index in [4.69, 9.17) is 9.72 Å². The molecule has 1 N–H and O–H groups in total. The van der Waals surface area contributed by atoms with E-state index in [0.29, 0.717) is 5.92 Å². The molecule has 0 spiro atoms. The number of fused-ring (bicyclic) bond motifs is 3. The molecule has 0 saturated carbocycles. The van der Waals surface area contributed by atoms with Crippen molar-refractivity contribution in [1.82, 2.24) is 10.3 Å². The number of benzene rings is 1. The molecule has 2 aliphatic rings. The lowest BCUT2D eigenvalue weighted by molar-refractivity contribution is 0.231. The van der Waals surface area contributed by atoms with E-state index >= 15 is 0 Å². The molecule has 2 aromatic rings. The molecule has 1 fully saturated rings. The van der Waals surface area contributed by atoms with Crippen LogP contribution in [0.3, 0.4) is 0 Å². The highest BCUT2D eigenvalue weighted by Gasteiger charge is 2.33. The van der Waals surface area contributed by atoms with Crippen LogP contribution in [0, 0.1) is 5.92 Å². The van der Waals surface area contributed by atoms with Gasteiger partial charge in [0.25, 0.3) is 0 Å². The van der Waals surface area contributed by atoms with Crippen LogP contribution in [-0.4, -0.2) is 30.2 Å². The average Bonchev–Trinajstić information content (AvgIpc) is 3.08. The van der Waals surface area contributed by atoms with E-state index in [-0.39, 0.29) is 12.1 Å². The second-order valence-electron chi connectivity index (χ2n) is 5.76. The fraction of sp³-hybridized carbons (Fsp3) is 0.467. The van der Waals surface area contributed by atoms with Crippen LogP contribution in [0.1, 0.15) is 19.4 Å². The van der Waals surface area contributed by atoms with Gasteiger partial charge in [-0.3, -0.25) is 4.90 Å². The van der Waals surface area contributed by atoms with Gasteiger partial charge in [0.15, 0.2) is 5.13 Å². The molecule has 110 valence electrons. The minimum absolute atomic E-state index is 0.0486. The van der Waals surface area contributed by atoms with Crippen molar-refractivity contribution in [3.05, 3.63) is 17.7 Å². The lowest BCUT2D eigenvalue weighted by atomic mass is 10.0. The zero-order valence-electron chi connectivity index (χ0n) is 12.0. The third kappa shape index (κ3) is 1.89. The normalized spacial score (nSPS) is 24.9. The predicted octanol–water partition coefficient (Wildman–Crippen LogP) is 2.79. The quantitative estimate of drug-likeness (QED) is 0.881. The van der Waals surface area contributed by atoms with Gasteiger partial charge in [0.1, 0.15) is 5.75 Å². The SMILES string of the molecule is C[C@H]1CNC(=O)N(c2nc3c4c(ccc3s2)OCC4)[C@H]1C. The summed E-state index contributed by atoms with van der Waals surface area (Å²) in [5.74, 6) is 1.34. The third-order valence-corrected chi connectivity index (χ3v) is 5.47. The summed E-state index contributed by atoms with van der Waals surface area (Å²) in [6.45, 7) is 5.68. The van der Waals surface area contributed by atoms with Gasteiger partial charge in [-0.2, -0.15) is 0 Å². The molecule has 6 heteroatoms. The van der Waals surface area contributed by atoms with E-state index in [0.717, 1.165) is 40.7 Å². The number of aromatic nitrogens is 1. The van der Waals surface area contributed by atoms with Crippen molar-refractivity contribution in [2.45, 2.75) is 26.3 Å². The minimum atomic E-state index is -0.0486. The van der Waals surface area contributed by atoms with Crippen molar-refractivity contribution in [2.75, 3.05) is 18.1 Å². The first-order valence-corrected chi connectivity index (χ1v) is 8.09. The molecule has 0 radical (unpaired) electrons. The fourth-order valence-electron chi connectivity index (χ4n) is 2.97. The zero-order valence-corrected chi connectivity index (χ0v) is 12.9. The molecule has 1 saturated heterocycles. The van der Waals surface area contributed by atoms with Crippen molar-refractivity contribution in [3.63, 3.8) is 0 Å². The summed E-state index contributed by atoms with van der Waals surface area (Å²) in [5.41, 5.74) is 2.16. The highest BCUT2D eigenvalue weighted by Crippen LogP contribution is 2.38. The van der Waals surface area contributed by atoms with Gasteiger partial charge in [0, 0.05) is 24.6 Å². The Balaban J connectivity index is 1.82. The molecule has 21 heavy (non-hydrogen) atoms. The van der Waals surface area contributed by atoms with E-state index in [9.17, 15) is 4.79 Å². The van der Waals surface area contributed by atoms with E-state index in [2.05, 4.69) is 19.2 Å². The molecule has 0 bridgehead atoms. The molecule has 1 aromatic carbocycles. The number of anilines is 1. The van der Waals surface area contributed by atoms with Gasteiger partial charge in [0.05, 0.1) is 16.8 Å². The van der Waals surface area contributed by atoms with Crippen LogP contribution < -0.4 is 15.0 Å². The smallest absolute Gasteiger partial charge is 0.323 e. The first-order valence-electron chi connectivity index (χ1n) is 7.27. The highest BCUT2D eigenvalue weighted by molar-refractivity contribution is 7.22. The zero-order chi connectivity index (χ0) is 14.6. The Morgan fingerprint density at radius 1 is 1.43 bits per heavy atom. The van der Waals surface area contributed by atoms with E-state index < -0.39 is 0 Å². The summed E-state index contributed by atoms with van der Waals surface area (Å²) in [6.07, 6.45) is 0.897. The first-order chi connectivity index (χ1) is 10.1. The van der Waals surface area contributed by atoms with Gasteiger partial charge in [0.2, 0.25) is 0 Å². The Morgan fingerprint density at radius 2 is 2.29 bits per heavy atom. The van der Waals surface area contributed by atoms with Gasteiger partial charge >= 0.3 is 6.03 Å². The van der Waals surface area contributed by atoms with Crippen LogP contribution in [0.4, 0.5) is 9.93 Å². The van der Waals surface area contributed by atoms with Gasteiger partial charge < -0.3 is 10.1 Å². The molecule has 4 rings (SSSR count). The average molecular weight is 303 g/mol. The molecule has 3 heterocycles. The Hall–Kier alpha value is -1.82. The van der Waals surface area contributed by atoms with E-state index in [1.165, 1.54) is 5.56 Å². The van der Waals surface area contributed by atoms with Gasteiger partial charge in [-0.1, -0.05) is 18.3 Å². The number of hydrogen-bond donors (Lipinski definition) is 1. The Bertz CT molecular complexity index is 727. The van der Waals surface area contributed by atoms with Crippen molar-refractivity contribution in [1.29, 1.82) is 0 Å². The van der Waals surface area contributed by atoms with E-state index in [1.807, 2.05) is 12.1 Å². The molecular weight excluding hydrogens is 286 g/mol. The monoisotopic (exact) mass is 303 g/mol. The maximum Gasteiger partial charge on any atom is 0.323 e. The fourth-order valence-corrected chi connectivity index (χ4v) is 4.05. The second-order valence-corrected chi connectivity index (χ2v) is 6.77. The summed E-state index contributed by atoms with van der Waals surface area (Å²) in [5, 5.41) is 3.72. The Kier molecular flexibility index (Phi) is 2.82. The molecule has 1 aromatic heterocycles. The number of nitrogens with zero attached hydrogens (tertiary/aromatic N) is 2. The number of hydrogen-bond acceptors (Lipinski definition) is 4. The van der Waals surface area contributed by atoms with Crippen LogP contribution in [-0.2, 0) is 6.42 Å². The summed E-state index contributed by atoms with van der Waals surface area (Å²) in [4.78, 5) is 18.8. The van der Waals surface area contributed by atoms with Crippen molar-refractivity contribution < 1.29 is 9.53 Å². The largest absolute Gasteiger partial charge is 0.493 e. The standard InChI is InChI=1S/C15H17N3O2S/c1-8-7-16-14(19)18(9(8)2)15-17-13-10-5-6-20-11(10)3-4-12(13)21-15/h3-4,8-9H,5-7H2,1-2H3,(H,16,19)/t8-,9-/m0/s1. The second kappa shape index (κ2) is 4.59. The van der Waals surface area contributed by atoms with Crippen LogP contribution in [0.5, 0.6) is 5.75 Å². The van der Waals surface area contributed by atoms with Crippen molar-refractivity contribution >= 4 is 32.7 Å². The van der Waals surface area contributed by atoms with Crippen molar-refractivity contribution in [3.8, 4) is 5.75 Å². The topological polar surface area (TPSA) is 54.5 Å². The van der Waals surface area contributed by atoms with Crippen LogP contribution in [0.2, 0.25) is 0 Å². The molecule has 2 amide bonds. The van der Waals surface area contributed by atoms with Gasteiger partial charge in [-0.05, 0) is 25.0 Å². The molecule has 5 nitrogen and oxygen atoms in total. The van der Waals surface area contributed by atoms with E-state index in [1.54, 1.807) is 16.2 Å². The maximum atomic E-state index is 12.2. The number of carbonyl (C=O) groups is 1. The summed E-state index contributed by atoms with van der Waals surface area (Å²) < 4.78 is 6.71. The van der Waals surface area contributed by atoms with Crippen LogP contribution in [0.25, 0.3) is 10.2 Å². The molecule has 2 atom stereocenters. The lowest BCUT2D eigenvalue weighted by Gasteiger charge is -2.36. The van der Waals surface area contributed by atoms with Crippen molar-refractivity contribution in [2.24, 2.45) is 5.92 Å². The first kappa shape index (κ1) is 12.9. The number of urea groups is 1. The predicted molar refractivity (Wildman–Crippen MR) is 83.3 cm³/mol. The molecule has 0 unspecified atom stereocenters. The minimum Gasteiger partial charge on any atom is -0.493 e. The number of carbonyl (C=O) groups excluding carboxylic acids is 1. The highest BCUT2D eigenvalue weighted by atomic mass is 32.1. The molecular formula is C15H17N3O2S. The number of ether oxygens (including phenoxy) is 1. The molecule has 0 aliphatic carbocycles. The van der Waals surface area contributed by atoms with Gasteiger partial charge in [-0.25, -0.2) is 9.78 Å². The van der Waals surface area contributed by atoms with Crippen LogP contribution in [0.15, 0.2) is 12.1 Å². The third-order valence-electron chi connectivity index (χ3n) is 4.45. The summed E-state index contributed by atoms with van der Waals surface area (Å²) in [6, 6.07) is 4.15. The number of rotatable bonds is 1. The Labute approximate surface area is 126 Å². The van der Waals surface area contributed by atoms with Crippen LogP contribution >= 0.6 is 11.3 Å². The number of nitrogens with one attached hydrogen (secondary N) is 1. The van der Waals surface area contributed by atoms with Gasteiger partial charge in [-0.15, -0.1) is 0 Å². The molecule has 2 aliphatic heterocycles. The number of amides is 2. The summed E-state index contributed by atoms with van der Waals surface area (Å²) in [7, 11) is 0.